The molecule has 0 aliphatic carbocycles. The van der Waals surface area contributed by atoms with Crippen LogP contribution in [0.15, 0.2) is 24.4 Å². The van der Waals surface area contributed by atoms with E-state index >= 15 is 0 Å². The van der Waals surface area contributed by atoms with Crippen LogP contribution in [0.5, 0.6) is 0 Å². The molecule has 0 saturated heterocycles. The van der Waals surface area contributed by atoms with Crippen molar-refractivity contribution in [1.82, 2.24) is 14.8 Å². The molecule has 2 N–H and O–H groups in total. The van der Waals surface area contributed by atoms with Crippen molar-refractivity contribution in [3.05, 3.63) is 41.7 Å². The van der Waals surface area contributed by atoms with Crippen LogP contribution >= 0.6 is 0 Å². The number of carboxylic acid groups (broad SMARTS) is 1. The zero-order valence-electron chi connectivity index (χ0n) is 10.3. The fourth-order valence-electron chi connectivity index (χ4n) is 2.17. The Labute approximate surface area is 111 Å². The number of fused-ring (bicyclic) bond motifs is 1. The number of aromatic carboxylic acids is 1. The van der Waals surface area contributed by atoms with Gasteiger partial charge in [0.2, 0.25) is 0 Å². The molecule has 0 fully saturated rings. The van der Waals surface area contributed by atoms with E-state index in [9.17, 15) is 13.6 Å². The molecule has 0 aliphatic rings. The van der Waals surface area contributed by atoms with Crippen LogP contribution in [0.25, 0.3) is 22.2 Å². The van der Waals surface area contributed by atoms with Crippen LogP contribution in [0.3, 0.4) is 0 Å². The minimum absolute atomic E-state index is 0.0638. The van der Waals surface area contributed by atoms with E-state index in [2.05, 4.69) is 10.1 Å². The molecule has 1 aromatic carbocycles. The number of benzene rings is 1. The average Bonchev–Trinajstić information content (AvgIpc) is 2.97. The standard InChI is InChI=1S/C13H9F2N3O2/c1-18-9(5-8(17-18)13(19)20)10-7(14)4-6-2-3-16-12(6)11(10)15/h2-5,16H,1H3,(H,19,20). The number of halogens is 2. The Morgan fingerprint density at radius 1 is 1.40 bits per heavy atom. The number of H-pyrrole nitrogens is 1. The van der Waals surface area contributed by atoms with Crippen LogP contribution in [0, 0.1) is 11.6 Å². The third kappa shape index (κ3) is 1.67. The van der Waals surface area contributed by atoms with Gasteiger partial charge < -0.3 is 10.1 Å². The first-order chi connectivity index (χ1) is 9.49. The average molecular weight is 277 g/mol. The summed E-state index contributed by atoms with van der Waals surface area (Å²) in [6.45, 7) is 0. The van der Waals surface area contributed by atoms with Gasteiger partial charge in [0.05, 0.1) is 16.8 Å². The zero-order chi connectivity index (χ0) is 14.4. The molecule has 2 aromatic heterocycles. The lowest BCUT2D eigenvalue weighted by molar-refractivity contribution is 0.0689. The second-order valence-corrected chi connectivity index (χ2v) is 4.33. The Balaban J connectivity index is 2.31. The van der Waals surface area contributed by atoms with Crippen LogP contribution in [-0.2, 0) is 7.05 Å². The predicted molar refractivity (Wildman–Crippen MR) is 67.4 cm³/mol. The maximum absolute atomic E-state index is 14.4. The molecular formula is C13H9F2N3O2. The number of nitrogens with one attached hydrogen (secondary N) is 1. The number of aryl methyl sites for hydroxylation is 1. The summed E-state index contributed by atoms with van der Waals surface area (Å²) in [4.78, 5) is 13.6. The summed E-state index contributed by atoms with van der Waals surface area (Å²) < 4.78 is 29.6. The summed E-state index contributed by atoms with van der Waals surface area (Å²) in [6.07, 6.45) is 1.50. The SMILES string of the molecule is Cn1nc(C(=O)O)cc1-c1c(F)cc2cc[nH]c2c1F. The molecular weight excluding hydrogens is 268 g/mol. The van der Waals surface area contributed by atoms with Crippen molar-refractivity contribution in [2.45, 2.75) is 0 Å². The quantitative estimate of drug-likeness (QED) is 0.756. The molecule has 0 spiro atoms. The molecule has 0 saturated carbocycles. The first-order valence-electron chi connectivity index (χ1n) is 5.72. The summed E-state index contributed by atoms with van der Waals surface area (Å²) in [6, 6.07) is 3.88. The fourth-order valence-corrected chi connectivity index (χ4v) is 2.17. The van der Waals surface area contributed by atoms with Crippen molar-refractivity contribution in [3.63, 3.8) is 0 Å². The minimum Gasteiger partial charge on any atom is -0.476 e. The second kappa shape index (κ2) is 4.16. The van der Waals surface area contributed by atoms with E-state index in [1.807, 2.05) is 0 Å². The van der Waals surface area contributed by atoms with Crippen molar-refractivity contribution in [2.75, 3.05) is 0 Å². The normalized spacial score (nSPS) is 11.2. The van der Waals surface area contributed by atoms with Gasteiger partial charge in [0.1, 0.15) is 5.82 Å². The number of aromatic nitrogens is 3. The molecule has 2 heterocycles. The molecule has 7 heteroatoms. The highest BCUT2D eigenvalue weighted by atomic mass is 19.1. The summed E-state index contributed by atoms with van der Waals surface area (Å²) in [7, 11) is 1.43. The zero-order valence-corrected chi connectivity index (χ0v) is 10.3. The number of carbonyl (C=O) groups is 1. The molecule has 0 bridgehead atoms. The van der Waals surface area contributed by atoms with Gasteiger partial charge in [0.15, 0.2) is 11.5 Å². The summed E-state index contributed by atoms with van der Waals surface area (Å²) in [5.74, 6) is -2.80. The van der Waals surface area contributed by atoms with Gasteiger partial charge in [-0.3, -0.25) is 4.68 Å². The smallest absolute Gasteiger partial charge is 0.356 e. The molecule has 3 aromatic rings. The largest absolute Gasteiger partial charge is 0.476 e. The van der Waals surface area contributed by atoms with Gasteiger partial charge in [-0.2, -0.15) is 5.10 Å². The number of rotatable bonds is 2. The molecule has 5 nitrogen and oxygen atoms in total. The molecule has 0 amide bonds. The van der Waals surface area contributed by atoms with Gasteiger partial charge in [-0.1, -0.05) is 0 Å². The van der Waals surface area contributed by atoms with E-state index in [0.717, 1.165) is 10.7 Å². The lowest BCUT2D eigenvalue weighted by Gasteiger charge is -2.06. The molecule has 0 unspecified atom stereocenters. The summed E-state index contributed by atoms with van der Waals surface area (Å²) in [5.41, 5.74) is -0.344. The fraction of sp³-hybridized carbons (Fsp3) is 0.0769. The monoisotopic (exact) mass is 277 g/mol. The van der Waals surface area contributed by atoms with Crippen molar-refractivity contribution < 1.29 is 18.7 Å². The van der Waals surface area contributed by atoms with E-state index in [-0.39, 0.29) is 22.5 Å². The number of hydrogen-bond acceptors (Lipinski definition) is 2. The maximum atomic E-state index is 14.4. The van der Waals surface area contributed by atoms with Gasteiger partial charge in [-0.15, -0.1) is 0 Å². The van der Waals surface area contributed by atoms with E-state index in [4.69, 9.17) is 5.11 Å². The lowest BCUT2D eigenvalue weighted by Crippen LogP contribution is -2.00. The van der Waals surface area contributed by atoms with E-state index in [1.165, 1.54) is 19.3 Å². The molecule has 0 radical (unpaired) electrons. The topological polar surface area (TPSA) is 70.9 Å². The van der Waals surface area contributed by atoms with Gasteiger partial charge >= 0.3 is 5.97 Å². The Morgan fingerprint density at radius 2 is 2.15 bits per heavy atom. The molecule has 0 aliphatic heterocycles. The van der Waals surface area contributed by atoms with E-state index in [1.54, 1.807) is 6.07 Å². The van der Waals surface area contributed by atoms with Gasteiger partial charge in [-0.25, -0.2) is 13.6 Å². The molecule has 3 rings (SSSR count). The van der Waals surface area contributed by atoms with Crippen LogP contribution in [0.2, 0.25) is 0 Å². The molecule has 20 heavy (non-hydrogen) atoms. The van der Waals surface area contributed by atoms with Crippen LogP contribution in [0.1, 0.15) is 10.5 Å². The maximum Gasteiger partial charge on any atom is 0.356 e. The third-order valence-electron chi connectivity index (χ3n) is 3.09. The summed E-state index contributed by atoms with van der Waals surface area (Å²) >= 11 is 0. The Bertz CT molecular complexity index is 836. The minimum atomic E-state index is -1.26. The van der Waals surface area contributed by atoms with Crippen LogP contribution in [0.4, 0.5) is 8.78 Å². The van der Waals surface area contributed by atoms with Crippen molar-refractivity contribution in [2.24, 2.45) is 7.05 Å². The van der Waals surface area contributed by atoms with Crippen molar-refractivity contribution >= 4 is 16.9 Å². The lowest BCUT2D eigenvalue weighted by atomic mass is 10.1. The van der Waals surface area contributed by atoms with Gasteiger partial charge in [0.25, 0.3) is 0 Å². The summed E-state index contributed by atoms with van der Waals surface area (Å²) in [5, 5.41) is 13.0. The van der Waals surface area contributed by atoms with Crippen molar-refractivity contribution in [1.29, 1.82) is 0 Å². The second-order valence-electron chi connectivity index (χ2n) is 4.33. The first kappa shape index (κ1) is 12.3. The Morgan fingerprint density at radius 3 is 2.80 bits per heavy atom. The first-order valence-corrected chi connectivity index (χ1v) is 5.72. The highest BCUT2D eigenvalue weighted by Crippen LogP contribution is 2.31. The molecule has 0 atom stereocenters. The Hall–Kier alpha value is -2.70. The highest BCUT2D eigenvalue weighted by Gasteiger charge is 2.21. The van der Waals surface area contributed by atoms with Crippen LogP contribution in [-0.4, -0.2) is 25.8 Å². The predicted octanol–water partition coefficient (Wildman–Crippen LogP) is 2.54. The number of nitrogens with zero attached hydrogens (tertiary/aromatic N) is 2. The highest BCUT2D eigenvalue weighted by molar-refractivity contribution is 5.89. The van der Waals surface area contributed by atoms with E-state index in [0.29, 0.717) is 5.39 Å². The van der Waals surface area contributed by atoms with Gasteiger partial charge in [-0.05, 0) is 18.2 Å². The number of hydrogen-bond donors (Lipinski definition) is 2. The number of aromatic amines is 1. The van der Waals surface area contributed by atoms with E-state index < -0.39 is 17.6 Å². The Kier molecular flexibility index (Phi) is 2.56. The third-order valence-corrected chi connectivity index (χ3v) is 3.09. The van der Waals surface area contributed by atoms with Crippen molar-refractivity contribution in [3.8, 4) is 11.3 Å². The number of carboxylic acids is 1. The molecule has 102 valence electrons. The van der Waals surface area contributed by atoms with Crippen LogP contribution < -0.4 is 0 Å². The van der Waals surface area contributed by atoms with Gasteiger partial charge in [0, 0.05) is 18.6 Å².